The highest BCUT2D eigenvalue weighted by Gasteiger charge is 2.28. The molecule has 0 spiro atoms. The summed E-state index contributed by atoms with van der Waals surface area (Å²) in [5, 5.41) is 14.0. The van der Waals surface area contributed by atoms with E-state index >= 15 is 0 Å². The SMILES string of the molecule is CCCN1CCOC(C(O)c2cccc3ccsc23)C1. The number of fused-ring (bicyclic) bond motifs is 1. The van der Waals surface area contributed by atoms with E-state index in [9.17, 15) is 5.11 Å². The summed E-state index contributed by atoms with van der Waals surface area (Å²) < 4.78 is 6.99. The van der Waals surface area contributed by atoms with Crippen molar-refractivity contribution in [3.05, 3.63) is 35.2 Å². The van der Waals surface area contributed by atoms with E-state index in [-0.39, 0.29) is 6.10 Å². The van der Waals surface area contributed by atoms with Crippen molar-refractivity contribution >= 4 is 21.4 Å². The molecule has 1 fully saturated rings. The molecule has 0 bridgehead atoms. The first-order valence-electron chi connectivity index (χ1n) is 7.27. The van der Waals surface area contributed by atoms with Crippen molar-refractivity contribution in [1.82, 2.24) is 4.90 Å². The van der Waals surface area contributed by atoms with E-state index in [1.165, 1.54) is 10.1 Å². The van der Waals surface area contributed by atoms with Crippen molar-refractivity contribution in [1.29, 1.82) is 0 Å². The zero-order chi connectivity index (χ0) is 13.9. The Balaban J connectivity index is 1.81. The van der Waals surface area contributed by atoms with Gasteiger partial charge in [-0.3, -0.25) is 4.90 Å². The molecule has 3 nitrogen and oxygen atoms in total. The van der Waals surface area contributed by atoms with Gasteiger partial charge in [-0.25, -0.2) is 0 Å². The van der Waals surface area contributed by atoms with Crippen LogP contribution in [0, 0.1) is 0 Å². The molecule has 1 N–H and O–H groups in total. The van der Waals surface area contributed by atoms with E-state index in [1.54, 1.807) is 11.3 Å². The van der Waals surface area contributed by atoms with Crippen molar-refractivity contribution in [2.45, 2.75) is 25.6 Å². The second-order valence-electron chi connectivity index (χ2n) is 5.34. The first-order valence-corrected chi connectivity index (χ1v) is 8.15. The van der Waals surface area contributed by atoms with Gasteiger partial charge in [-0.15, -0.1) is 11.3 Å². The maximum atomic E-state index is 10.7. The Labute approximate surface area is 123 Å². The number of aliphatic hydroxyl groups excluding tert-OH is 1. The zero-order valence-corrected chi connectivity index (χ0v) is 12.6. The van der Waals surface area contributed by atoms with Crippen molar-refractivity contribution < 1.29 is 9.84 Å². The lowest BCUT2D eigenvalue weighted by Crippen LogP contribution is -2.45. The fourth-order valence-electron chi connectivity index (χ4n) is 2.89. The van der Waals surface area contributed by atoms with Crippen molar-refractivity contribution in [2.75, 3.05) is 26.2 Å². The number of rotatable bonds is 4. The molecule has 0 saturated carbocycles. The van der Waals surface area contributed by atoms with Crippen LogP contribution in [0.3, 0.4) is 0 Å². The lowest BCUT2D eigenvalue weighted by Gasteiger charge is -2.35. The smallest absolute Gasteiger partial charge is 0.108 e. The Hall–Kier alpha value is -0.940. The van der Waals surface area contributed by atoms with E-state index < -0.39 is 6.10 Å². The third-order valence-electron chi connectivity index (χ3n) is 3.90. The second kappa shape index (κ2) is 6.22. The van der Waals surface area contributed by atoms with Gasteiger partial charge in [0.15, 0.2) is 0 Å². The highest BCUT2D eigenvalue weighted by Crippen LogP contribution is 2.32. The van der Waals surface area contributed by atoms with Crippen LogP contribution in [-0.2, 0) is 4.74 Å². The standard InChI is InChI=1S/C16H21NO2S/c1-2-7-17-8-9-19-14(11-17)15(18)13-5-3-4-12-6-10-20-16(12)13/h3-6,10,14-15,18H,2,7-9,11H2,1H3. The first-order chi connectivity index (χ1) is 9.79. The fraction of sp³-hybridized carbons (Fsp3) is 0.500. The summed E-state index contributed by atoms with van der Waals surface area (Å²) >= 11 is 1.69. The van der Waals surface area contributed by atoms with Gasteiger partial charge in [0.2, 0.25) is 0 Å². The van der Waals surface area contributed by atoms with E-state index in [1.807, 2.05) is 12.1 Å². The normalized spacial score (nSPS) is 22.2. The van der Waals surface area contributed by atoms with E-state index in [4.69, 9.17) is 4.74 Å². The third kappa shape index (κ3) is 2.74. The van der Waals surface area contributed by atoms with Gasteiger partial charge in [0.25, 0.3) is 0 Å². The van der Waals surface area contributed by atoms with Crippen molar-refractivity contribution in [3.8, 4) is 0 Å². The summed E-state index contributed by atoms with van der Waals surface area (Å²) in [6, 6.07) is 8.22. The maximum absolute atomic E-state index is 10.7. The minimum absolute atomic E-state index is 0.122. The summed E-state index contributed by atoms with van der Waals surface area (Å²) in [6.45, 7) is 5.77. The van der Waals surface area contributed by atoms with E-state index in [0.717, 1.165) is 31.6 Å². The predicted octanol–water partition coefficient (Wildman–Crippen LogP) is 3.05. The molecule has 4 heteroatoms. The lowest BCUT2D eigenvalue weighted by molar-refractivity contribution is -0.0893. The van der Waals surface area contributed by atoms with Crippen LogP contribution in [0.25, 0.3) is 10.1 Å². The molecule has 2 unspecified atom stereocenters. The van der Waals surface area contributed by atoms with E-state index in [0.29, 0.717) is 6.61 Å². The second-order valence-corrected chi connectivity index (χ2v) is 6.26. The fourth-order valence-corrected chi connectivity index (χ4v) is 3.84. The molecular weight excluding hydrogens is 270 g/mol. The molecule has 0 aliphatic carbocycles. The summed E-state index contributed by atoms with van der Waals surface area (Å²) in [5.41, 5.74) is 1.00. The summed E-state index contributed by atoms with van der Waals surface area (Å²) in [7, 11) is 0. The Morgan fingerprint density at radius 3 is 3.20 bits per heavy atom. The van der Waals surface area contributed by atoms with Gasteiger partial charge in [-0.2, -0.15) is 0 Å². The molecule has 1 aliphatic rings. The summed E-state index contributed by atoms with van der Waals surface area (Å²) in [6.07, 6.45) is 0.476. The molecule has 1 aromatic heterocycles. The first kappa shape index (κ1) is 14.0. The lowest BCUT2D eigenvalue weighted by atomic mass is 10.0. The molecule has 1 aliphatic heterocycles. The number of benzene rings is 1. The molecule has 20 heavy (non-hydrogen) atoms. The zero-order valence-electron chi connectivity index (χ0n) is 11.8. The van der Waals surface area contributed by atoms with Gasteiger partial charge in [-0.1, -0.05) is 25.1 Å². The number of nitrogens with zero attached hydrogens (tertiary/aromatic N) is 1. The Morgan fingerprint density at radius 1 is 1.45 bits per heavy atom. The molecule has 1 aromatic carbocycles. The Morgan fingerprint density at radius 2 is 2.35 bits per heavy atom. The molecule has 2 atom stereocenters. The number of thiophene rings is 1. The van der Waals surface area contributed by atoms with Gasteiger partial charge < -0.3 is 9.84 Å². The largest absolute Gasteiger partial charge is 0.386 e. The molecule has 108 valence electrons. The van der Waals surface area contributed by atoms with Crippen LogP contribution in [0.1, 0.15) is 25.0 Å². The molecule has 1 saturated heterocycles. The number of morpholine rings is 1. The molecule has 3 rings (SSSR count). The van der Waals surface area contributed by atoms with Gasteiger partial charge in [-0.05, 0) is 29.8 Å². The Bertz CT molecular complexity index is 566. The van der Waals surface area contributed by atoms with Crippen LogP contribution in [0.15, 0.2) is 29.6 Å². The third-order valence-corrected chi connectivity index (χ3v) is 4.88. The number of hydrogen-bond acceptors (Lipinski definition) is 4. The van der Waals surface area contributed by atoms with Crippen molar-refractivity contribution in [3.63, 3.8) is 0 Å². The minimum Gasteiger partial charge on any atom is -0.386 e. The van der Waals surface area contributed by atoms with Gasteiger partial charge in [0, 0.05) is 23.4 Å². The number of aliphatic hydroxyl groups is 1. The molecule has 2 heterocycles. The minimum atomic E-state index is -0.544. The highest BCUT2D eigenvalue weighted by molar-refractivity contribution is 7.17. The average Bonchev–Trinajstić information content (AvgIpc) is 2.95. The van der Waals surface area contributed by atoms with Crippen LogP contribution in [-0.4, -0.2) is 42.4 Å². The van der Waals surface area contributed by atoms with Crippen LogP contribution in [0.4, 0.5) is 0 Å². The van der Waals surface area contributed by atoms with Gasteiger partial charge in [0.05, 0.1) is 6.61 Å². The summed E-state index contributed by atoms with van der Waals surface area (Å²) in [4.78, 5) is 2.38. The van der Waals surface area contributed by atoms with E-state index in [2.05, 4.69) is 29.3 Å². The van der Waals surface area contributed by atoms with Crippen LogP contribution in [0.2, 0.25) is 0 Å². The van der Waals surface area contributed by atoms with Crippen molar-refractivity contribution in [2.24, 2.45) is 0 Å². The van der Waals surface area contributed by atoms with Crippen LogP contribution >= 0.6 is 11.3 Å². The van der Waals surface area contributed by atoms with Crippen LogP contribution in [0.5, 0.6) is 0 Å². The van der Waals surface area contributed by atoms with Gasteiger partial charge in [0.1, 0.15) is 12.2 Å². The molecule has 2 aromatic rings. The average molecular weight is 291 g/mol. The monoisotopic (exact) mass is 291 g/mol. The van der Waals surface area contributed by atoms with Crippen LogP contribution < -0.4 is 0 Å². The Kier molecular flexibility index (Phi) is 4.36. The number of ether oxygens (including phenoxy) is 1. The topological polar surface area (TPSA) is 32.7 Å². The molecule has 0 radical (unpaired) electrons. The predicted molar refractivity (Wildman–Crippen MR) is 83.3 cm³/mol. The quantitative estimate of drug-likeness (QED) is 0.940. The molecule has 0 amide bonds. The molecular formula is C16H21NO2S. The highest BCUT2D eigenvalue weighted by atomic mass is 32.1. The number of hydrogen-bond donors (Lipinski definition) is 1. The maximum Gasteiger partial charge on any atom is 0.108 e. The van der Waals surface area contributed by atoms with Gasteiger partial charge >= 0.3 is 0 Å². The summed E-state index contributed by atoms with van der Waals surface area (Å²) in [5.74, 6) is 0.